The number of fused-ring (bicyclic) bond motifs is 4. The maximum atomic E-state index is 14.3. The van der Waals surface area contributed by atoms with Crippen LogP contribution in [0.25, 0.3) is 0 Å². The summed E-state index contributed by atoms with van der Waals surface area (Å²) < 4.78 is 23.9. The lowest BCUT2D eigenvalue weighted by atomic mass is 9.95. The van der Waals surface area contributed by atoms with Gasteiger partial charge in [-0.05, 0) is 86.4 Å². The fourth-order valence-corrected chi connectivity index (χ4v) is 8.74. The number of aryl methyl sites for hydroxylation is 1. The number of nitrogens with two attached hydrogens (primary N) is 1. The van der Waals surface area contributed by atoms with Gasteiger partial charge >= 0.3 is 6.09 Å². The molecule has 17 nitrogen and oxygen atoms in total. The van der Waals surface area contributed by atoms with Gasteiger partial charge in [0.25, 0.3) is 11.8 Å². The van der Waals surface area contributed by atoms with Crippen LogP contribution in [0.3, 0.4) is 0 Å². The van der Waals surface area contributed by atoms with E-state index in [2.05, 4.69) is 15.7 Å². The standard InChI is InChI=1S/C52H61N7O10/c1-8-11-35-20-37-26-55-40-23-43(31(5)19-38(40)49(62)57(37)27-35)67-17-10-18-68-45-24-41-39(22-44(45)66-7)50(63)58-28-36(12-9-2)21-42(58)51(64)59(41)52(65)69-29-34-15-13-33(14-16-34)25-54-32(6)47(60)48(61)46(56-53)30(3)4/h8-9,11-16,19,22-24,26-28,30,32,37,42,46,51,54,56,64H,10,17-18,20-21,25,29,53H2,1-7H3/b11-8+,12-9+/t32?,37-,42-,46-,51-/m0/s1. The predicted molar refractivity (Wildman–Crippen MR) is 260 cm³/mol. The lowest BCUT2D eigenvalue weighted by molar-refractivity contribution is -0.139. The largest absolute Gasteiger partial charge is 0.493 e. The number of Topliss-reactive ketones (excluding diaryl/α,β-unsaturated/α-hetero) is 2. The molecule has 5 atom stereocenters. The van der Waals surface area contributed by atoms with Crippen LogP contribution in [0.15, 0.2) is 101 Å². The van der Waals surface area contributed by atoms with Crippen molar-refractivity contribution >= 4 is 47.1 Å². The van der Waals surface area contributed by atoms with Crippen LogP contribution < -0.4 is 35.7 Å². The average Bonchev–Trinajstić information content (AvgIpc) is 3.91. The average molecular weight is 944 g/mol. The van der Waals surface area contributed by atoms with Crippen molar-refractivity contribution in [2.24, 2.45) is 16.8 Å². The van der Waals surface area contributed by atoms with Crippen molar-refractivity contribution in [3.8, 4) is 17.2 Å². The van der Waals surface area contributed by atoms with E-state index in [9.17, 15) is 29.1 Å². The van der Waals surface area contributed by atoms with Crippen LogP contribution in [0, 0.1) is 12.8 Å². The second-order valence-corrected chi connectivity index (χ2v) is 17.7. The van der Waals surface area contributed by atoms with Crippen LogP contribution >= 0.6 is 0 Å². The minimum Gasteiger partial charge on any atom is -0.493 e. The summed E-state index contributed by atoms with van der Waals surface area (Å²) in [7, 11) is 1.45. The second-order valence-electron chi connectivity index (χ2n) is 17.7. The van der Waals surface area contributed by atoms with Crippen molar-refractivity contribution in [2.45, 2.75) is 104 Å². The number of ketones is 2. The first-order chi connectivity index (χ1) is 33.2. The van der Waals surface area contributed by atoms with E-state index in [-0.39, 0.29) is 66.9 Å². The molecule has 4 aliphatic rings. The highest BCUT2D eigenvalue weighted by atomic mass is 16.6. The van der Waals surface area contributed by atoms with Crippen LogP contribution in [0.4, 0.5) is 16.2 Å². The van der Waals surface area contributed by atoms with E-state index < -0.39 is 47.9 Å². The van der Waals surface area contributed by atoms with E-state index in [0.29, 0.717) is 42.0 Å². The molecule has 4 heterocycles. The zero-order chi connectivity index (χ0) is 49.5. The molecule has 0 radical (unpaired) electrons. The molecule has 0 aromatic heterocycles. The molecule has 3 aromatic rings. The van der Waals surface area contributed by atoms with Gasteiger partial charge in [-0.3, -0.25) is 30.0 Å². The molecule has 0 saturated heterocycles. The number of carbonyl (C=O) groups is 5. The monoisotopic (exact) mass is 943 g/mol. The van der Waals surface area contributed by atoms with Gasteiger partial charge in [-0.25, -0.2) is 15.1 Å². The van der Waals surface area contributed by atoms with Gasteiger partial charge in [0, 0.05) is 43.7 Å². The fraction of sp³-hybridized carbons (Fsp3) is 0.385. The number of aliphatic imine (C=N–C) groups is 1. The maximum Gasteiger partial charge on any atom is 0.416 e. The third kappa shape index (κ3) is 10.9. The number of hydrogen-bond donors (Lipinski definition) is 4. The van der Waals surface area contributed by atoms with Crippen LogP contribution in [0.5, 0.6) is 17.2 Å². The number of hydrogen-bond acceptors (Lipinski definition) is 14. The zero-order valence-electron chi connectivity index (χ0n) is 40.1. The Morgan fingerprint density at radius 1 is 0.855 bits per heavy atom. The number of hydrazine groups is 1. The molecule has 5 N–H and O–H groups in total. The number of aliphatic hydroxyl groups is 1. The minimum atomic E-state index is -1.51. The Morgan fingerprint density at radius 3 is 2.17 bits per heavy atom. The molecule has 364 valence electrons. The maximum absolute atomic E-state index is 14.3. The summed E-state index contributed by atoms with van der Waals surface area (Å²) in [6, 6.07) is 11.2. The van der Waals surface area contributed by atoms with Gasteiger partial charge in [0.05, 0.1) is 67.0 Å². The predicted octanol–water partition coefficient (Wildman–Crippen LogP) is 6.50. The first-order valence-electron chi connectivity index (χ1n) is 23.2. The van der Waals surface area contributed by atoms with Crippen molar-refractivity contribution in [2.75, 3.05) is 25.2 Å². The molecular formula is C52H61N7O10. The molecule has 3 amide bonds. The van der Waals surface area contributed by atoms with Crippen LogP contribution in [0.1, 0.15) is 91.3 Å². The van der Waals surface area contributed by atoms with Crippen LogP contribution in [-0.2, 0) is 27.5 Å². The third-order valence-electron chi connectivity index (χ3n) is 12.5. The van der Waals surface area contributed by atoms with Crippen molar-refractivity contribution in [3.63, 3.8) is 0 Å². The Morgan fingerprint density at radius 2 is 1.51 bits per heavy atom. The number of benzene rings is 3. The van der Waals surface area contributed by atoms with Gasteiger partial charge in [0.15, 0.2) is 17.7 Å². The Bertz CT molecular complexity index is 2620. The zero-order valence-corrected chi connectivity index (χ0v) is 40.1. The van der Waals surface area contributed by atoms with Gasteiger partial charge in [0.2, 0.25) is 11.6 Å². The molecule has 0 saturated carbocycles. The smallest absolute Gasteiger partial charge is 0.416 e. The highest BCUT2D eigenvalue weighted by molar-refractivity contribution is 6.41. The Hall–Kier alpha value is -6.92. The number of aliphatic hydroxyl groups excluding tert-OH is 1. The molecule has 0 fully saturated rings. The number of anilines is 1. The summed E-state index contributed by atoms with van der Waals surface area (Å²) in [6.45, 7) is 11.4. The van der Waals surface area contributed by atoms with Crippen molar-refractivity contribution in [1.82, 2.24) is 20.5 Å². The minimum absolute atomic E-state index is 0.0789. The second kappa shape index (κ2) is 22.0. The molecule has 69 heavy (non-hydrogen) atoms. The van der Waals surface area contributed by atoms with E-state index in [0.717, 1.165) is 27.2 Å². The van der Waals surface area contributed by atoms with Gasteiger partial charge in [-0.1, -0.05) is 62.4 Å². The first-order valence-corrected chi connectivity index (χ1v) is 23.2. The van der Waals surface area contributed by atoms with Crippen LogP contribution in [-0.4, -0.2) is 101 Å². The highest BCUT2D eigenvalue weighted by Gasteiger charge is 2.45. The molecular weight excluding hydrogens is 883 g/mol. The van der Waals surface area contributed by atoms with Gasteiger partial charge < -0.3 is 39.2 Å². The van der Waals surface area contributed by atoms with Crippen molar-refractivity contribution in [3.05, 3.63) is 124 Å². The van der Waals surface area contributed by atoms with Crippen LogP contribution in [0.2, 0.25) is 0 Å². The summed E-state index contributed by atoms with van der Waals surface area (Å²) in [4.78, 5) is 76.3. The quantitative estimate of drug-likeness (QED) is 0.0438. The summed E-state index contributed by atoms with van der Waals surface area (Å²) in [5.41, 5.74) is 7.74. The molecule has 3 aromatic carbocycles. The molecule has 0 aliphatic carbocycles. The Balaban J connectivity index is 1.02. The van der Waals surface area contributed by atoms with E-state index in [4.69, 9.17) is 24.8 Å². The van der Waals surface area contributed by atoms with E-state index >= 15 is 0 Å². The molecule has 7 rings (SSSR count). The number of ether oxygens (including phenoxy) is 4. The number of nitrogens with zero attached hydrogens (tertiary/aromatic N) is 4. The van der Waals surface area contributed by atoms with Gasteiger partial charge in [0.1, 0.15) is 12.4 Å². The molecule has 4 aliphatic heterocycles. The van der Waals surface area contributed by atoms with E-state index in [1.54, 1.807) is 74.5 Å². The fourth-order valence-electron chi connectivity index (χ4n) is 8.74. The topological polar surface area (TPSA) is 215 Å². The molecule has 0 spiro atoms. The Labute approximate surface area is 402 Å². The molecule has 1 unspecified atom stereocenters. The van der Waals surface area contributed by atoms with E-state index in [1.807, 2.05) is 51.3 Å². The SMILES string of the molecule is C/C=C/C1=CN2C(=O)c3cc(C)c(OCCCOc4cc5c(cc4OC)C(=O)N4C=C(/C=C/C)C[C@H]4[C@H](O)N5C(=O)OCc4ccc(CNC(C)C(=O)C(=O)[C@@H](NN)C(C)C)cc4)cc3N=C[C@@H]2C1. The normalized spacial score (nSPS) is 19.4. The third-order valence-corrected chi connectivity index (χ3v) is 12.5. The number of rotatable bonds is 19. The van der Waals surface area contributed by atoms with Gasteiger partial charge in [-0.2, -0.15) is 0 Å². The lowest BCUT2D eigenvalue weighted by Crippen LogP contribution is -2.51. The summed E-state index contributed by atoms with van der Waals surface area (Å²) in [5.74, 6) is 4.68. The number of amides is 3. The van der Waals surface area contributed by atoms with Crippen molar-refractivity contribution < 1.29 is 48.0 Å². The lowest BCUT2D eigenvalue weighted by Gasteiger charge is -2.31. The van der Waals surface area contributed by atoms with Crippen molar-refractivity contribution in [1.29, 1.82) is 0 Å². The number of nitrogens with one attached hydrogen (secondary N) is 2. The summed E-state index contributed by atoms with van der Waals surface area (Å²) >= 11 is 0. The van der Waals surface area contributed by atoms with Gasteiger partial charge in [-0.15, -0.1) is 0 Å². The molecule has 0 bridgehead atoms. The number of methoxy groups -OCH3 is 1. The van der Waals surface area contributed by atoms with E-state index in [1.165, 1.54) is 24.1 Å². The number of carbonyl (C=O) groups excluding carboxylic acids is 5. The number of allylic oxidation sites excluding steroid dienone is 4. The summed E-state index contributed by atoms with van der Waals surface area (Å²) in [6.07, 6.45) is 12.0. The first kappa shape index (κ1) is 50.0. The summed E-state index contributed by atoms with van der Waals surface area (Å²) in [5, 5.41) is 15.1. The highest BCUT2D eigenvalue weighted by Crippen LogP contribution is 2.42. The Kier molecular flexibility index (Phi) is 15.9. The molecule has 17 heteroatoms.